The molecule has 1 aliphatic carbocycles. The summed E-state index contributed by atoms with van der Waals surface area (Å²) in [4.78, 5) is 26.1. The molecule has 0 saturated carbocycles. The van der Waals surface area contributed by atoms with Crippen molar-refractivity contribution >= 4 is 40.0 Å². The molecular weight excluding hydrogens is 438 g/mol. The first-order chi connectivity index (χ1) is 14.9. The van der Waals surface area contributed by atoms with Gasteiger partial charge in [-0.15, -0.1) is 10.2 Å². The number of anilines is 1. The van der Waals surface area contributed by atoms with E-state index in [4.69, 9.17) is 10.2 Å². The standard InChI is InChI=1S/C20H19N5O4S2/c1-10-6-7-14(29-10)16-11(8-21)18(22)25(12-4-3-5-13(26)17(12)16)19-23-24-20(31-19)30-9-15(27)28-2/h6-7,16H,3-5,9,22H2,1-2H3. The lowest BCUT2D eigenvalue weighted by atomic mass is 9.78. The Kier molecular flexibility index (Phi) is 5.84. The first kappa shape index (κ1) is 21.1. The van der Waals surface area contributed by atoms with Crippen LogP contribution in [0.2, 0.25) is 0 Å². The molecule has 0 amide bonds. The molecule has 1 unspecified atom stereocenters. The van der Waals surface area contributed by atoms with E-state index in [9.17, 15) is 14.9 Å². The number of aryl methyl sites for hydroxylation is 1. The molecule has 0 radical (unpaired) electrons. The maximum atomic E-state index is 13.0. The summed E-state index contributed by atoms with van der Waals surface area (Å²) in [5.41, 5.74) is 7.93. The van der Waals surface area contributed by atoms with Crippen molar-refractivity contribution in [2.75, 3.05) is 17.8 Å². The minimum Gasteiger partial charge on any atom is -0.468 e. The third kappa shape index (κ3) is 3.84. The molecule has 4 rings (SSSR count). The van der Waals surface area contributed by atoms with Gasteiger partial charge < -0.3 is 14.9 Å². The molecule has 2 aromatic rings. The van der Waals surface area contributed by atoms with Crippen LogP contribution in [0.1, 0.15) is 36.7 Å². The lowest BCUT2D eigenvalue weighted by molar-refractivity contribution is -0.137. The molecule has 0 saturated heterocycles. The Morgan fingerprint density at radius 3 is 2.94 bits per heavy atom. The number of rotatable bonds is 5. The second-order valence-electron chi connectivity index (χ2n) is 6.98. The van der Waals surface area contributed by atoms with Gasteiger partial charge in [0.2, 0.25) is 5.13 Å². The zero-order valence-corrected chi connectivity index (χ0v) is 18.5. The molecule has 2 aliphatic rings. The predicted molar refractivity (Wildman–Crippen MR) is 114 cm³/mol. The minimum absolute atomic E-state index is 0.0321. The molecule has 0 aromatic carbocycles. The highest BCUT2D eigenvalue weighted by Gasteiger charge is 2.42. The SMILES string of the molecule is COC(=O)CSc1nnc(N2C(N)=C(C#N)C(c3ccc(C)o3)C3=C2CCCC3=O)s1. The van der Waals surface area contributed by atoms with E-state index < -0.39 is 5.92 Å². The average molecular weight is 458 g/mol. The zero-order valence-electron chi connectivity index (χ0n) is 16.9. The molecule has 1 atom stereocenters. The number of allylic oxidation sites excluding steroid dienone is 3. The van der Waals surface area contributed by atoms with Gasteiger partial charge in [-0.2, -0.15) is 5.26 Å². The van der Waals surface area contributed by atoms with Crippen LogP contribution in [0.25, 0.3) is 0 Å². The van der Waals surface area contributed by atoms with Crippen LogP contribution in [-0.2, 0) is 14.3 Å². The third-order valence-electron chi connectivity index (χ3n) is 5.09. The average Bonchev–Trinajstić information content (AvgIpc) is 3.40. The quantitative estimate of drug-likeness (QED) is 0.527. The van der Waals surface area contributed by atoms with E-state index in [-0.39, 0.29) is 28.9 Å². The van der Waals surface area contributed by atoms with Gasteiger partial charge in [-0.1, -0.05) is 23.1 Å². The van der Waals surface area contributed by atoms with E-state index in [1.165, 1.54) is 30.2 Å². The number of ketones is 1. The monoisotopic (exact) mass is 457 g/mol. The second-order valence-corrected chi connectivity index (χ2v) is 9.16. The van der Waals surface area contributed by atoms with Crippen molar-refractivity contribution in [3.63, 3.8) is 0 Å². The molecule has 31 heavy (non-hydrogen) atoms. The predicted octanol–water partition coefficient (Wildman–Crippen LogP) is 3.01. The molecule has 0 bridgehead atoms. The highest BCUT2D eigenvalue weighted by atomic mass is 32.2. The molecule has 11 heteroatoms. The van der Waals surface area contributed by atoms with Gasteiger partial charge in [-0.25, -0.2) is 0 Å². The second kappa shape index (κ2) is 8.56. The molecule has 2 aromatic heterocycles. The number of thioether (sulfide) groups is 1. The molecule has 0 fully saturated rings. The summed E-state index contributed by atoms with van der Waals surface area (Å²) in [6.07, 6.45) is 1.69. The van der Waals surface area contributed by atoms with Gasteiger partial charge in [0.25, 0.3) is 0 Å². The first-order valence-corrected chi connectivity index (χ1v) is 11.3. The maximum Gasteiger partial charge on any atom is 0.316 e. The number of carbonyl (C=O) groups excluding carboxylic acids is 2. The fraction of sp³-hybridized carbons (Fsp3) is 0.350. The number of methoxy groups -OCH3 is 1. The number of carbonyl (C=O) groups is 2. The van der Waals surface area contributed by atoms with Crippen LogP contribution in [0.4, 0.5) is 5.13 Å². The highest BCUT2D eigenvalue weighted by Crippen LogP contribution is 2.47. The van der Waals surface area contributed by atoms with Crippen LogP contribution in [-0.4, -0.2) is 34.8 Å². The number of aromatic nitrogens is 2. The summed E-state index contributed by atoms with van der Waals surface area (Å²) in [5.74, 6) is 0.475. The number of ether oxygens (including phenoxy) is 1. The smallest absolute Gasteiger partial charge is 0.316 e. The summed E-state index contributed by atoms with van der Waals surface area (Å²) in [7, 11) is 1.32. The lowest BCUT2D eigenvalue weighted by Gasteiger charge is -2.37. The minimum atomic E-state index is -0.640. The van der Waals surface area contributed by atoms with Gasteiger partial charge in [-0.05, 0) is 31.9 Å². The topological polar surface area (TPSA) is 135 Å². The van der Waals surface area contributed by atoms with Gasteiger partial charge in [0.15, 0.2) is 10.1 Å². The zero-order chi connectivity index (χ0) is 22.1. The number of nitrogens with zero attached hydrogens (tertiary/aromatic N) is 4. The van der Waals surface area contributed by atoms with Crippen molar-refractivity contribution in [3.05, 3.63) is 46.3 Å². The molecule has 3 heterocycles. The van der Waals surface area contributed by atoms with Crippen LogP contribution >= 0.6 is 23.1 Å². The Morgan fingerprint density at radius 1 is 1.45 bits per heavy atom. The molecular formula is C20H19N5O4S2. The van der Waals surface area contributed by atoms with Gasteiger partial charge in [-0.3, -0.25) is 14.5 Å². The Hall–Kier alpha value is -3.10. The number of nitriles is 1. The molecule has 0 spiro atoms. The number of nitrogens with two attached hydrogens (primary N) is 1. The summed E-state index contributed by atoms with van der Waals surface area (Å²) in [6, 6.07) is 5.75. The normalized spacial score (nSPS) is 18.8. The Labute approximate surface area is 186 Å². The van der Waals surface area contributed by atoms with Gasteiger partial charge >= 0.3 is 5.97 Å². The van der Waals surface area contributed by atoms with Crippen LogP contribution in [0.15, 0.2) is 43.6 Å². The molecule has 160 valence electrons. The fourth-order valence-electron chi connectivity index (χ4n) is 3.73. The van der Waals surface area contributed by atoms with Gasteiger partial charge in [0.05, 0.1) is 30.4 Å². The molecule has 2 N–H and O–H groups in total. The Balaban J connectivity index is 1.79. The van der Waals surface area contributed by atoms with E-state index in [2.05, 4.69) is 21.0 Å². The van der Waals surface area contributed by atoms with Crippen molar-refractivity contribution < 1.29 is 18.7 Å². The van der Waals surface area contributed by atoms with Crippen molar-refractivity contribution in [1.29, 1.82) is 5.26 Å². The Morgan fingerprint density at radius 2 is 2.26 bits per heavy atom. The van der Waals surface area contributed by atoms with E-state index in [1.54, 1.807) is 17.0 Å². The number of Topliss-reactive ketones (excluding diaryl/α,β-unsaturated/α-hetero) is 1. The van der Waals surface area contributed by atoms with Crippen LogP contribution in [0.3, 0.4) is 0 Å². The highest BCUT2D eigenvalue weighted by molar-refractivity contribution is 8.01. The summed E-state index contributed by atoms with van der Waals surface area (Å²) in [5, 5.41) is 18.7. The summed E-state index contributed by atoms with van der Waals surface area (Å²) >= 11 is 2.43. The van der Waals surface area contributed by atoms with Crippen molar-refractivity contribution in [2.45, 2.75) is 36.4 Å². The van der Waals surface area contributed by atoms with E-state index in [0.717, 1.165) is 0 Å². The number of hydrogen-bond acceptors (Lipinski definition) is 11. The third-order valence-corrected chi connectivity index (χ3v) is 7.10. The molecule has 1 aliphatic heterocycles. The first-order valence-electron chi connectivity index (χ1n) is 9.50. The summed E-state index contributed by atoms with van der Waals surface area (Å²) in [6.45, 7) is 1.81. The lowest BCUT2D eigenvalue weighted by Crippen LogP contribution is -2.38. The molecule has 9 nitrogen and oxygen atoms in total. The van der Waals surface area contributed by atoms with E-state index in [0.29, 0.717) is 51.5 Å². The number of furan rings is 1. The van der Waals surface area contributed by atoms with Crippen molar-refractivity contribution in [1.82, 2.24) is 10.2 Å². The maximum absolute atomic E-state index is 13.0. The number of hydrogen-bond donors (Lipinski definition) is 1. The van der Waals surface area contributed by atoms with Gasteiger partial charge in [0, 0.05) is 17.7 Å². The van der Waals surface area contributed by atoms with E-state index >= 15 is 0 Å². The van der Waals surface area contributed by atoms with Crippen molar-refractivity contribution in [2.24, 2.45) is 5.73 Å². The van der Waals surface area contributed by atoms with Gasteiger partial charge in [0.1, 0.15) is 17.3 Å². The van der Waals surface area contributed by atoms with Crippen molar-refractivity contribution in [3.8, 4) is 6.07 Å². The van der Waals surface area contributed by atoms with Crippen LogP contribution in [0, 0.1) is 18.3 Å². The van der Waals surface area contributed by atoms with Crippen LogP contribution in [0.5, 0.6) is 0 Å². The van der Waals surface area contributed by atoms with E-state index in [1.807, 2.05) is 6.92 Å². The number of esters is 1. The summed E-state index contributed by atoms with van der Waals surface area (Å²) < 4.78 is 11.0. The largest absolute Gasteiger partial charge is 0.468 e. The Bertz CT molecular complexity index is 1160. The van der Waals surface area contributed by atoms with Crippen LogP contribution < -0.4 is 10.6 Å². The fourth-order valence-corrected chi connectivity index (χ4v) is 5.44.